The summed E-state index contributed by atoms with van der Waals surface area (Å²) in [6.07, 6.45) is 1.59. The van der Waals surface area contributed by atoms with E-state index in [-0.39, 0.29) is 11.9 Å². The van der Waals surface area contributed by atoms with Gasteiger partial charge in [-0.1, -0.05) is 24.3 Å². The Kier molecular flexibility index (Phi) is 7.78. The van der Waals surface area contributed by atoms with Gasteiger partial charge in [-0.25, -0.2) is 9.97 Å². The van der Waals surface area contributed by atoms with Gasteiger partial charge in [0.05, 0.1) is 44.2 Å². The molecular formula is C30H28N6O3. The molecule has 5 rings (SSSR count). The molecule has 0 spiro atoms. The number of nitrogens with zero attached hydrogens (tertiary/aromatic N) is 3. The Labute approximate surface area is 226 Å². The summed E-state index contributed by atoms with van der Waals surface area (Å²) in [6, 6.07) is 22.5. The SMILES string of the molecule is COc1cnc(Nc2ccc(C(=O)Nc3cc(C4COCCN4)ccc3C)cc2)nc1-c1ccc(C#N)cc1. The van der Waals surface area contributed by atoms with Crippen LogP contribution in [0.2, 0.25) is 0 Å². The lowest BCUT2D eigenvalue weighted by atomic mass is 10.0. The molecule has 1 amide bonds. The van der Waals surface area contributed by atoms with Crippen LogP contribution in [-0.2, 0) is 4.74 Å². The summed E-state index contributed by atoms with van der Waals surface area (Å²) in [5.74, 6) is 0.696. The molecule has 1 atom stereocenters. The Morgan fingerprint density at radius 2 is 1.92 bits per heavy atom. The van der Waals surface area contributed by atoms with Crippen molar-refractivity contribution in [1.82, 2.24) is 15.3 Å². The minimum Gasteiger partial charge on any atom is -0.493 e. The monoisotopic (exact) mass is 520 g/mol. The van der Waals surface area contributed by atoms with E-state index in [4.69, 9.17) is 14.7 Å². The van der Waals surface area contributed by atoms with Gasteiger partial charge in [0.15, 0.2) is 5.75 Å². The highest BCUT2D eigenvalue weighted by molar-refractivity contribution is 6.04. The molecule has 196 valence electrons. The molecule has 0 bridgehead atoms. The summed E-state index contributed by atoms with van der Waals surface area (Å²) in [6.45, 7) is 4.09. The number of benzene rings is 3. The van der Waals surface area contributed by atoms with Crippen LogP contribution in [0.15, 0.2) is 72.9 Å². The Balaban J connectivity index is 1.29. The summed E-state index contributed by atoms with van der Waals surface area (Å²) >= 11 is 0. The van der Waals surface area contributed by atoms with Crippen LogP contribution < -0.4 is 20.7 Å². The lowest BCUT2D eigenvalue weighted by Crippen LogP contribution is -2.34. The van der Waals surface area contributed by atoms with Crippen molar-refractivity contribution < 1.29 is 14.3 Å². The van der Waals surface area contributed by atoms with Crippen LogP contribution in [0, 0.1) is 18.3 Å². The van der Waals surface area contributed by atoms with Crippen LogP contribution in [0.1, 0.15) is 33.1 Å². The molecule has 1 aliphatic rings. The number of methoxy groups -OCH3 is 1. The quantitative estimate of drug-likeness (QED) is 0.312. The number of amides is 1. The molecule has 2 heterocycles. The number of carbonyl (C=O) groups is 1. The summed E-state index contributed by atoms with van der Waals surface area (Å²) in [4.78, 5) is 22.0. The number of aromatic nitrogens is 2. The van der Waals surface area contributed by atoms with Crippen molar-refractivity contribution in [2.24, 2.45) is 0 Å². The molecule has 1 saturated heterocycles. The zero-order chi connectivity index (χ0) is 27.2. The zero-order valence-corrected chi connectivity index (χ0v) is 21.7. The predicted molar refractivity (Wildman–Crippen MR) is 149 cm³/mol. The molecule has 39 heavy (non-hydrogen) atoms. The normalized spacial score (nSPS) is 14.7. The van der Waals surface area contributed by atoms with Crippen LogP contribution in [0.3, 0.4) is 0 Å². The van der Waals surface area contributed by atoms with Crippen LogP contribution in [0.5, 0.6) is 5.75 Å². The smallest absolute Gasteiger partial charge is 0.255 e. The summed E-state index contributed by atoms with van der Waals surface area (Å²) in [5.41, 5.74) is 6.05. The van der Waals surface area contributed by atoms with Crippen molar-refractivity contribution in [2.75, 3.05) is 37.5 Å². The van der Waals surface area contributed by atoms with Gasteiger partial charge in [0.25, 0.3) is 5.91 Å². The van der Waals surface area contributed by atoms with E-state index in [1.165, 1.54) is 0 Å². The number of anilines is 3. The van der Waals surface area contributed by atoms with E-state index in [2.05, 4.69) is 38.1 Å². The van der Waals surface area contributed by atoms with Gasteiger partial charge in [-0.2, -0.15) is 5.26 Å². The molecule has 4 aromatic rings. The van der Waals surface area contributed by atoms with Gasteiger partial charge in [0, 0.05) is 29.0 Å². The number of nitriles is 1. The van der Waals surface area contributed by atoms with E-state index in [0.29, 0.717) is 41.7 Å². The molecule has 1 aliphatic heterocycles. The summed E-state index contributed by atoms with van der Waals surface area (Å²) in [5, 5.41) is 18.7. The first-order valence-corrected chi connectivity index (χ1v) is 12.6. The van der Waals surface area contributed by atoms with Gasteiger partial charge in [-0.3, -0.25) is 4.79 Å². The van der Waals surface area contributed by atoms with E-state index in [1.54, 1.807) is 49.7 Å². The maximum atomic E-state index is 13.0. The highest BCUT2D eigenvalue weighted by atomic mass is 16.5. The number of ether oxygens (including phenoxy) is 2. The van der Waals surface area contributed by atoms with E-state index >= 15 is 0 Å². The third-order valence-electron chi connectivity index (χ3n) is 6.50. The van der Waals surface area contributed by atoms with E-state index in [0.717, 1.165) is 34.6 Å². The number of aryl methyl sites for hydroxylation is 1. The van der Waals surface area contributed by atoms with Crippen LogP contribution in [0.4, 0.5) is 17.3 Å². The highest BCUT2D eigenvalue weighted by Crippen LogP contribution is 2.29. The van der Waals surface area contributed by atoms with Crippen molar-refractivity contribution in [3.63, 3.8) is 0 Å². The number of nitrogens with one attached hydrogen (secondary N) is 3. The third-order valence-corrected chi connectivity index (χ3v) is 6.50. The zero-order valence-electron chi connectivity index (χ0n) is 21.7. The number of morpholine rings is 1. The summed E-state index contributed by atoms with van der Waals surface area (Å²) < 4.78 is 11.0. The first kappa shape index (κ1) is 25.9. The number of hydrogen-bond acceptors (Lipinski definition) is 8. The van der Waals surface area contributed by atoms with E-state index < -0.39 is 0 Å². The van der Waals surface area contributed by atoms with Crippen LogP contribution in [-0.4, -0.2) is 42.7 Å². The van der Waals surface area contributed by atoms with Gasteiger partial charge >= 0.3 is 0 Å². The Morgan fingerprint density at radius 3 is 2.62 bits per heavy atom. The van der Waals surface area contributed by atoms with Crippen LogP contribution in [0.25, 0.3) is 11.3 Å². The van der Waals surface area contributed by atoms with E-state index in [9.17, 15) is 4.79 Å². The van der Waals surface area contributed by atoms with Gasteiger partial charge in [0.1, 0.15) is 5.69 Å². The molecular weight excluding hydrogens is 492 g/mol. The second-order valence-electron chi connectivity index (χ2n) is 9.11. The van der Waals surface area contributed by atoms with Gasteiger partial charge in [-0.15, -0.1) is 0 Å². The minimum atomic E-state index is -0.196. The molecule has 0 aliphatic carbocycles. The molecule has 0 saturated carbocycles. The fraction of sp³-hybridized carbons (Fsp3) is 0.200. The fourth-order valence-corrected chi connectivity index (χ4v) is 4.29. The van der Waals surface area contributed by atoms with Crippen molar-refractivity contribution in [2.45, 2.75) is 13.0 Å². The predicted octanol–water partition coefficient (Wildman–Crippen LogP) is 4.99. The second-order valence-corrected chi connectivity index (χ2v) is 9.11. The van der Waals surface area contributed by atoms with E-state index in [1.807, 2.05) is 31.2 Å². The molecule has 1 unspecified atom stereocenters. The molecule has 9 nitrogen and oxygen atoms in total. The maximum Gasteiger partial charge on any atom is 0.255 e. The molecule has 3 aromatic carbocycles. The lowest BCUT2D eigenvalue weighted by Gasteiger charge is -2.25. The minimum absolute atomic E-state index is 0.109. The van der Waals surface area contributed by atoms with Crippen molar-refractivity contribution >= 4 is 23.2 Å². The number of rotatable bonds is 7. The van der Waals surface area contributed by atoms with Gasteiger partial charge in [-0.05, 0) is 60.5 Å². The average Bonchev–Trinajstić information content (AvgIpc) is 2.99. The van der Waals surface area contributed by atoms with Gasteiger partial charge in [0.2, 0.25) is 5.95 Å². The number of hydrogen-bond donors (Lipinski definition) is 3. The molecule has 9 heteroatoms. The van der Waals surface area contributed by atoms with Crippen molar-refractivity contribution in [1.29, 1.82) is 5.26 Å². The third kappa shape index (κ3) is 6.04. The topological polar surface area (TPSA) is 121 Å². The van der Waals surface area contributed by atoms with Gasteiger partial charge < -0.3 is 25.4 Å². The van der Waals surface area contributed by atoms with Crippen LogP contribution >= 0.6 is 0 Å². The molecule has 1 fully saturated rings. The Morgan fingerprint density at radius 1 is 1.13 bits per heavy atom. The maximum absolute atomic E-state index is 13.0. The van der Waals surface area contributed by atoms with Crippen molar-refractivity contribution in [3.05, 3.63) is 95.2 Å². The first-order chi connectivity index (χ1) is 19.0. The Hall–Kier alpha value is -4.78. The first-order valence-electron chi connectivity index (χ1n) is 12.6. The highest BCUT2D eigenvalue weighted by Gasteiger charge is 2.17. The second kappa shape index (κ2) is 11.7. The fourth-order valence-electron chi connectivity index (χ4n) is 4.29. The largest absolute Gasteiger partial charge is 0.493 e. The summed E-state index contributed by atoms with van der Waals surface area (Å²) in [7, 11) is 1.56. The lowest BCUT2D eigenvalue weighted by molar-refractivity contribution is 0.0769. The average molecular weight is 521 g/mol. The van der Waals surface area contributed by atoms with Crippen molar-refractivity contribution in [3.8, 4) is 23.1 Å². The number of carbonyl (C=O) groups excluding carboxylic acids is 1. The Bertz CT molecular complexity index is 1510. The standard InChI is InChI=1S/C30H28N6O3/c1-19-3-6-23(26-18-39-14-13-32-26)15-25(19)35-29(37)22-9-11-24(12-10-22)34-30-33-17-27(38-2)28(36-30)21-7-4-20(16-31)5-8-21/h3-12,15,17,26,32H,13-14,18H2,1-2H3,(H,35,37)(H,33,34,36). The molecule has 1 aromatic heterocycles. The molecule has 0 radical (unpaired) electrons. The molecule has 3 N–H and O–H groups in total.